The van der Waals surface area contributed by atoms with E-state index < -0.39 is 4.92 Å². The molecule has 0 bridgehead atoms. The highest BCUT2D eigenvalue weighted by Gasteiger charge is 2.30. The van der Waals surface area contributed by atoms with Gasteiger partial charge in [0.1, 0.15) is 6.34 Å². The molecule has 0 fully saturated rings. The molecule has 156 valence electrons. The van der Waals surface area contributed by atoms with E-state index in [-0.39, 0.29) is 18.0 Å². The monoisotopic (exact) mass is 410 g/mol. The van der Waals surface area contributed by atoms with Crippen LogP contribution in [0.2, 0.25) is 0 Å². The molecule has 2 aliphatic heterocycles. The Balaban J connectivity index is 1.88. The second-order valence-corrected chi connectivity index (χ2v) is 6.99. The Bertz CT molecular complexity index is 1020. The van der Waals surface area contributed by atoms with Crippen molar-refractivity contribution in [1.82, 2.24) is 15.9 Å². The lowest BCUT2D eigenvalue weighted by Gasteiger charge is -2.28. The highest BCUT2D eigenvalue weighted by molar-refractivity contribution is 6.14. The summed E-state index contributed by atoms with van der Waals surface area (Å²) in [6.45, 7) is 2.07. The molecule has 10 heteroatoms. The van der Waals surface area contributed by atoms with Crippen molar-refractivity contribution >= 4 is 17.7 Å². The molecule has 2 unspecified atom stereocenters. The van der Waals surface area contributed by atoms with E-state index in [1.165, 1.54) is 12.1 Å². The average Bonchev–Trinajstić information content (AvgIpc) is 3.24. The number of non-ortho nitro benzene ring substituents is 1. The number of aliphatic imine (C=N–C) groups is 1. The van der Waals surface area contributed by atoms with Crippen LogP contribution in [0, 0.1) is 10.1 Å². The smallest absolute Gasteiger partial charge is 0.269 e. The predicted octanol–water partition coefficient (Wildman–Crippen LogP) is 2.03. The average molecular weight is 410 g/mol. The Morgan fingerprint density at radius 1 is 1.17 bits per heavy atom. The minimum absolute atomic E-state index is 0.0203. The van der Waals surface area contributed by atoms with Crippen LogP contribution in [0.3, 0.4) is 0 Å². The maximum atomic E-state index is 11.1. The second kappa shape index (κ2) is 7.99. The molecule has 10 nitrogen and oxygen atoms in total. The van der Waals surface area contributed by atoms with Crippen LogP contribution in [-0.4, -0.2) is 48.5 Å². The first-order chi connectivity index (χ1) is 14.5. The second-order valence-electron chi connectivity index (χ2n) is 6.99. The van der Waals surface area contributed by atoms with E-state index >= 15 is 0 Å². The standard InChI is InChI=1S/C20H22N6O4/c1-12-8-14-9-17(29-2)18(30-3)10-16(14)19(24-25(12)20-21-11-22-23-20)13-4-6-15(7-5-13)26(27)28/h4-7,9-12,20,23H,8H2,1-3H3,(H,21,22). The number of nitrogens with zero attached hydrogens (tertiary/aromatic N) is 4. The molecule has 0 amide bonds. The number of hydrogen-bond donors (Lipinski definition) is 2. The number of hydrogen-bond acceptors (Lipinski definition) is 9. The van der Waals surface area contributed by atoms with Gasteiger partial charge < -0.3 is 14.9 Å². The fourth-order valence-electron chi connectivity index (χ4n) is 3.63. The highest BCUT2D eigenvalue weighted by Crippen LogP contribution is 2.35. The number of hydrazone groups is 1. The van der Waals surface area contributed by atoms with Crippen LogP contribution in [0.15, 0.2) is 46.5 Å². The molecule has 2 aromatic rings. The summed E-state index contributed by atoms with van der Waals surface area (Å²) < 4.78 is 11.0. The molecule has 2 atom stereocenters. The van der Waals surface area contributed by atoms with Gasteiger partial charge in [-0.25, -0.2) is 4.99 Å². The van der Waals surface area contributed by atoms with Gasteiger partial charge in [-0.2, -0.15) is 10.5 Å². The number of nitro groups is 1. The minimum atomic E-state index is -0.419. The third kappa shape index (κ3) is 3.52. The Hall–Kier alpha value is -3.66. The summed E-state index contributed by atoms with van der Waals surface area (Å²) in [6, 6.07) is 10.2. The number of nitro benzene ring substituents is 1. The molecule has 0 spiro atoms. The molecule has 0 saturated carbocycles. The normalized spacial score (nSPS) is 20.1. The number of rotatable bonds is 5. The first-order valence-corrected chi connectivity index (χ1v) is 9.41. The molecule has 0 aromatic heterocycles. The Morgan fingerprint density at radius 3 is 2.47 bits per heavy atom. The summed E-state index contributed by atoms with van der Waals surface area (Å²) in [4.78, 5) is 15.0. The van der Waals surface area contributed by atoms with Crippen LogP contribution >= 0.6 is 0 Å². The van der Waals surface area contributed by atoms with Crippen molar-refractivity contribution < 1.29 is 14.4 Å². The number of benzene rings is 2. The first-order valence-electron chi connectivity index (χ1n) is 9.41. The van der Waals surface area contributed by atoms with Crippen LogP contribution < -0.4 is 20.3 Å². The van der Waals surface area contributed by atoms with Gasteiger partial charge in [0.2, 0.25) is 6.29 Å². The van der Waals surface area contributed by atoms with E-state index in [1.54, 1.807) is 32.7 Å². The van der Waals surface area contributed by atoms with Crippen molar-refractivity contribution in [2.75, 3.05) is 14.2 Å². The van der Waals surface area contributed by atoms with Crippen molar-refractivity contribution in [2.24, 2.45) is 10.1 Å². The summed E-state index contributed by atoms with van der Waals surface area (Å²) in [5, 5.41) is 17.9. The molecule has 2 heterocycles. The van der Waals surface area contributed by atoms with E-state index in [0.717, 1.165) is 16.7 Å². The van der Waals surface area contributed by atoms with Gasteiger partial charge in [-0.1, -0.05) is 0 Å². The number of ether oxygens (including phenoxy) is 2. The lowest BCUT2D eigenvalue weighted by Crippen LogP contribution is -2.47. The molecule has 0 radical (unpaired) electrons. The van der Waals surface area contributed by atoms with Gasteiger partial charge in [0.05, 0.1) is 30.9 Å². The molecular weight excluding hydrogens is 388 g/mol. The summed E-state index contributed by atoms with van der Waals surface area (Å²) >= 11 is 0. The summed E-state index contributed by atoms with van der Waals surface area (Å²) in [5.41, 5.74) is 9.31. The Labute approximate surface area is 173 Å². The van der Waals surface area contributed by atoms with Crippen molar-refractivity contribution in [2.45, 2.75) is 25.7 Å². The van der Waals surface area contributed by atoms with E-state index in [1.807, 2.05) is 17.1 Å². The number of fused-ring (bicyclic) bond motifs is 1. The quantitative estimate of drug-likeness (QED) is 0.573. The van der Waals surface area contributed by atoms with Crippen LogP contribution in [-0.2, 0) is 6.42 Å². The lowest BCUT2D eigenvalue weighted by atomic mass is 9.94. The maximum absolute atomic E-state index is 11.1. The number of hydrazine groups is 1. The lowest BCUT2D eigenvalue weighted by molar-refractivity contribution is -0.384. The van der Waals surface area contributed by atoms with E-state index in [0.29, 0.717) is 23.6 Å². The van der Waals surface area contributed by atoms with Gasteiger partial charge in [-0.15, -0.1) is 0 Å². The highest BCUT2D eigenvalue weighted by atomic mass is 16.6. The summed E-state index contributed by atoms with van der Waals surface area (Å²) in [5.74, 6) is 1.23. The first kappa shape index (κ1) is 19.6. The van der Waals surface area contributed by atoms with Gasteiger partial charge in [0, 0.05) is 23.3 Å². The van der Waals surface area contributed by atoms with Crippen LogP contribution in [0.5, 0.6) is 11.5 Å². The fourth-order valence-corrected chi connectivity index (χ4v) is 3.63. The third-order valence-electron chi connectivity index (χ3n) is 5.14. The molecular formula is C20H22N6O4. The van der Waals surface area contributed by atoms with Gasteiger partial charge in [0.25, 0.3) is 5.69 Å². The molecule has 2 N–H and O–H groups in total. The molecule has 2 aliphatic rings. The molecule has 0 aliphatic carbocycles. The molecule has 30 heavy (non-hydrogen) atoms. The predicted molar refractivity (Wildman–Crippen MR) is 112 cm³/mol. The van der Waals surface area contributed by atoms with Gasteiger partial charge >= 0.3 is 0 Å². The van der Waals surface area contributed by atoms with E-state index in [4.69, 9.17) is 14.6 Å². The van der Waals surface area contributed by atoms with Crippen molar-refractivity contribution in [1.29, 1.82) is 0 Å². The largest absolute Gasteiger partial charge is 0.493 e. The van der Waals surface area contributed by atoms with Gasteiger partial charge in [-0.05, 0) is 43.2 Å². The van der Waals surface area contributed by atoms with Crippen LogP contribution in [0.1, 0.15) is 23.6 Å². The fraction of sp³-hybridized carbons (Fsp3) is 0.300. The van der Waals surface area contributed by atoms with E-state index in [9.17, 15) is 10.1 Å². The zero-order chi connectivity index (χ0) is 21.3. The number of methoxy groups -OCH3 is 2. The Kier molecular flexibility index (Phi) is 5.23. The third-order valence-corrected chi connectivity index (χ3v) is 5.14. The summed E-state index contributed by atoms with van der Waals surface area (Å²) in [6.07, 6.45) is 1.91. The molecule has 2 aromatic carbocycles. The SMILES string of the molecule is COc1cc2c(cc1OC)C(c1ccc([N+](=O)[O-])cc1)=NN(C1N=CNN1)C(C)C2. The van der Waals surface area contributed by atoms with E-state index in [2.05, 4.69) is 22.8 Å². The van der Waals surface area contributed by atoms with Crippen LogP contribution in [0.25, 0.3) is 0 Å². The van der Waals surface area contributed by atoms with Gasteiger partial charge in [-0.3, -0.25) is 15.1 Å². The van der Waals surface area contributed by atoms with Crippen molar-refractivity contribution in [3.05, 3.63) is 63.2 Å². The maximum Gasteiger partial charge on any atom is 0.269 e. The van der Waals surface area contributed by atoms with Gasteiger partial charge in [0.15, 0.2) is 11.5 Å². The van der Waals surface area contributed by atoms with Crippen molar-refractivity contribution in [3.8, 4) is 11.5 Å². The zero-order valence-electron chi connectivity index (χ0n) is 16.8. The molecule has 0 saturated heterocycles. The Morgan fingerprint density at radius 2 is 1.87 bits per heavy atom. The molecule has 4 rings (SSSR count). The number of nitrogens with one attached hydrogen (secondary N) is 2. The topological polar surface area (TPSA) is 114 Å². The minimum Gasteiger partial charge on any atom is -0.493 e. The van der Waals surface area contributed by atoms with Crippen LogP contribution in [0.4, 0.5) is 5.69 Å². The summed E-state index contributed by atoms with van der Waals surface area (Å²) in [7, 11) is 3.19. The van der Waals surface area contributed by atoms with Crippen molar-refractivity contribution in [3.63, 3.8) is 0 Å². The zero-order valence-corrected chi connectivity index (χ0v) is 16.8.